The second-order valence-corrected chi connectivity index (χ2v) is 8.86. The average Bonchev–Trinajstić information content (AvgIpc) is 2.78. The summed E-state index contributed by atoms with van der Waals surface area (Å²) in [5.41, 5.74) is -0.633. The zero-order valence-electron chi connectivity index (χ0n) is 22.2. The number of ether oxygens (including phenoxy) is 4. The van der Waals surface area contributed by atoms with E-state index in [1.807, 2.05) is 0 Å². The van der Waals surface area contributed by atoms with E-state index in [-0.39, 0.29) is 28.7 Å². The van der Waals surface area contributed by atoms with Gasteiger partial charge in [-0.1, -0.05) is 33.2 Å². The summed E-state index contributed by atoms with van der Waals surface area (Å²) >= 11 is 0. The molecule has 38 heavy (non-hydrogen) atoms. The molecule has 0 heterocycles. The molecule has 0 aliphatic heterocycles. The molecular weight excluding hydrogens is 516 g/mol. The van der Waals surface area contributed by atoms with Crippen molar-refractivity contribution in [2.24, 2.45) is 0 Å². The van der Waals surface area contributed by atoms with E-state index in [1.165, 1.54) is 34.6 Å². The Balaban J connectivity index is 6.10. The van der Waals surface area contributed by atoms with Crippen molar-refractivity contribution in [3.63, 3.8) is 0 Å². The van der Waals surface area contributed by atoms with Gasteiger partial charge in [0.25, 0.3) is 0 Å². The van der Waals surface area contributed by atoms with Crippen molar-refractivity contribution in [3.05, 3.63) is 48.6 Å². The Kier molecular flexibility index (Phi) is 13.2. The minimum absolute atomic E-state index is 0.100. The highest BCUT2D eigenvalue weighted by Gasteiger charge is 2.59. The zero-order chi connectivity index (χ0) is 30.0. The second kappa shape index (κ2) is 14.5. The van der Waals surface area contributed by atoms with Gasteiger partial charge in [-0.3, -0.25) is 0 Å². The fourth-order valence-corrected chi connectivity index (χ4v) is 2.66. The largest absolute Gasteiger partial charge is 0.458 e. The molecule has 0 fully saturated rings. The number of alkyl halides is 4. The first kappa shape index (κ1) is 34.6. The first-order valence-corrected chi connectivity index (χ1v) is 11.4. The molecule has 3 atom stereocenters. The summed E-state index contributed by atoms with van der Waals surface area (Å²) in [5, 5.41) is 0. The molecule has 0 saturated carbocycles. The predicted octanol–water partition coefficient (Wildman–Crippen LogP) is 5.03. The van der Waals surface area contributed by atoms with E-state index in [0.717, 1.165) is 0 Å². The van der Waals surface area contributed by atoms with Crippen molar-refractivity contribution < 1.29 is 55.7 Å². The Hall–Kier alpha value is -3.44. The maximum atomic E-state index is 15.1. The van der Waals surface area contributed by atoms with Gasteiger partial charge in [0.1, 0.15) is 24.9 Å². The van der Waals surface area contributed by atoms with Crippen LogP contribution in [0.4, 0.5) is 17.6 Å². The third-order valence-electron chi connectivity index (χ3n) is 4.88. The van der Waals surface area contributed by atoms with Gasteiger partial charge in [-0.05, 0) is 34.1 Å². The lowest BCUT2D eigenvalue weighted by Crippen LogP contribution is -2.49. The van der Waals surface area contributed by atoms with Gasteiger partial charge in [0, 0.05) is 22.3 Å². The summed E-state index contributed by atoms with van der Waals surface area (Å²) in [5.74, 6) is -14.1. The van der Waals surface area contributed by atoms with Crippen molar-refractivity contribution in [1.82, 2.24) is 0 Å². The highest BCUT2D eigenvalue weighted by atomic mass is 19.3. The molecule has 3 unspecified atom stereocenters. The maximum absolute atomic E-state index is 15.1. The van der Waals surface area contributed by atoms with E-state index in [4.69, 9.17) is 18.9 Å². The third kappa shape index (κ3) is 10.9. The number of rotatable bonds is 16. The monoisotopic (exact) mass is 550 g/mol. The number of carbonyl (C=O) groups is 4. The average molecular weight is 551 g/mol. The molecule has 12 heteroatoms. The number of hydrogen-bond acceptors (Lipinski definition) is 8. The molecule has 0 rings (SSSR count). The Labute approximate surface area is 219 Å². The minimum Gasteiger partial charge on any atom is -0.458 e. The van der Waals surface area contributed by atoms with Crippen LogP contribution >= 0.6 is 0 Å². The fraction of sp³-hybridized carbons (Fsp3) is 0.538. The van der Waals surface area contributed by atoms with Crippen LogP contribution in [0.15, 0.2) is 48.6 Å². The second-order valence-electron chi connectivity index (χ2n) is 8.86. The molecule has 0 spiro atoms. The Morgan fingerprint density at radius 1 is 0.632 bits per heavy atom. The van der Waals surface area contributed by atoms with E-state index in [2.05, 4.69) is 26.3 Å². The first-order chi connectivity index (χ1) is 17.2. The van der Waals surface area contributed by atoms with Crippen molar-refractivity contribution in [3.8, 4) is 0 Å². The Morgan fingerprint density at radius 2 is 1.00 bits per heavy atom. The predicted molar refractivity (Wildman–Crippen MR) is 129 cm³/mol. The Morgan fingerprint density at radius 3 is 1.39 bits per heavy atom. The van der Waals surface area contributed by atoms with E-state index < -0.39 is 73.5 Å². The van der Waals surface area contributed by atoms with Crippen molar-refractivity contribution >= 4 is 23.9 Å². The summed E-state index contributed by atoms with van der Waals surface area (Å²) in [6.45, 7) is 18.6. The van der Waals surface area contributed by atoms with Gasteiger partial charge in [-0.2, -0.15) is 17.6 Å². The Bertz CT molecular complexity index is 970. The van der Waals surface area contributed by atoms with Crippen LogP contribution in [-0.2, 0) is 38.1 Å². The quantitative estimate of drug-likeness (QED) is 0.114. The molecule has 0 radical (unpaired) electrons. The molecule has 0 aromatic rings. The molecule has 214 valence electrons. The van der Waals surface area contributed by atoms with Crippen LogP contribution in [-0.4, -0.2) is 60.6 Å². The van der Waals surface area contributed by atoms with Gasteiger partial charge in [0.2, 0.25) is 0 Å². The van der Waals surface area contributed by atoms with E-state index >= 15 is 8.78 Å². The molecular formula is C26H34F4O8. The molecule has 0 aliphatic rings. The molecule has 0 aromatic carbocycles. The number of halogens is 4. The summed E-state index contributed by atoms with van der Waals surface area (Å²) in [6, 6.07) is 0. The molecule has 0 aliphatic carbocycles. The molecule has 0 bridgehead atoms. The van der Waals surface area contributed by atoms with Gasteiger partial charge in [-0.15, -0.1) is 0 Å². The topological polar surface area (TPSA) is 105 Å². The van der Waals surface area contributed by atoms with Crippen molar-refractivity contribution in [1.29, 1.82) is 0 Å². The first-order valence-electron chi connectivity index (χ1n) is 11.4. The lowest BCUT2D eigenvalue weighted by atomic mass is 9.95. The summed E-state index contributed by atoms with van der Waals surface area (Å²) in [6.07, 6.45) is -9.25. The van der Waals surface area contributed by atoms with Crippen molar-refractivity contribution in [2.75, 3.05) is 6.61 Å². The van der Waals surface area contributed by atoms with E-state index in [1.54, 1.807) is 0 Å². The molecule has 0 N–H and O–H groups in total. The van der Waals surface area contributed by atoms with Crippen LogP contribution in [0, 0.1) is 0 Å². The zero-order valence-corrected chi connectivity index (χ0v) is 22.2. The van der Waals surface area contributed by atoms with Crippen LogP contribution in [0.5, 0.6) is 0 Å². The van der Waals surface area contributed by atoms with Crippen LogP contribution in [0.25, 0.3) is 0 Å². The number of esters is 4. The van der Waals surface area contributed by atoms with Gasteiger partial charge in [0.15, 0.2) is 0 Å². The van der Waals surface area contributed by atoms with Gasteiger partial charge in [0.05, 0.1) is 12.8 Å². The maximum Gasteiger partial charge on any atom is 0.333 e. The van der Waals surface area contributed by atoms with Crippen LogP contribution in [0.2, 0.25) is 0 Å². The van der Waals surface area contributed by atoms with Crippen molar-refractivity contribution in [2.45, 2.75) is 84.0 Å². The minimum atomic E-state index is -4.89. The SMILES string of the molecule is C=C(C)C(=O)OCC(CC(F)(F)C(F)(F)CC(OC(=O)C(=C)C)C(CC)OC(=O)C(=C)C)OC(=O)C(=C)C. The van der Waals surface area contributed by atoms with E-state index in [0.29, 0.717) is 0 Å². The van der Waals surface area contributed by atoms with Crippen LogP contribution < -0.4 is 0 Å². The molecule has 0 amide bonds. The highest BCUT2D eigenvalue weighted by Crippen LogP contribution is 2.43. The molecule has 0 aromatic heterocycles. The summed E-state index contributed by atoms with van der Waals surface area (Å²) < 4.78 is 79.6. The van der Waals surface area contributed by atoms with E-state index in [9.17, 15) is 28.0 Å². The van der Waals surface area contributed by atoms with Crippen LogP contribution in [0.3, 0.4) is 0 Å². The summed E-state index contributed by atoms with van der Waals surface area (Å²) in [7, 11) is 0. The smallest absolute Gasteiger partial charge is 0.333 e. The number of carbonyl (C=O) groups excluding carboxylic acids is 4. The fourth-order valence-electron chi connectivity index (χ4n) is 2.66. The molecule has 0 saturated heterocycles. The highest BCUT2D eigenvalue weighted by molar-refractivity contribution is 5.88. The standard InChI is InChI=1S/C26H34F4O8/c1-10-19(37-23(33)16(6)7)20(38-24(34)17(8)9)12-26(29,30)25(27,28)11-18(36-22(32)15(4)5)13-35-21(31)14(2)3/h18-20H,2,4,6,8,10-13H2,1,3,5,7,9H3. The third-order valence-corrected chi connectivity index (χ3v) is 4.88. The summed E-state index contributed by atoms with van der Waals surface area (Å²) in [4.78, 5) is 47.6. The molecule has 8 nitrogen and oxygen atoms in total. The number of hydrogen-bond donors (Lipinski definition) is 0. The normalized spacial score (nSPS) is 13.8. The van der Waals surface area contributed by atoms with Gasteiger partial charge in [-0.25, -0.2) is 19.2 Å². The van der Waals surface area contributed by atoms with Gasteiger partial charge >= 0.3 is 35.7 Å². The van der Waals surface area contributed by atoms with Gasteiger partial charge < -0.3 is 18.9 Å². The lowest BCUT2D eigenvalue weighted by molar-refractivity contribution is -0.243. The van der Waals surface area contributed by atoms with Crippen LogP contribution in [0.1, 0.15) is 53.9 Å². The lowest BCUT2D eigenvalue weighted by Gasteiger charge is -2.34.